The number of aromatic nitrogens is 1. The molecule has 1 N–H and O–H groups in total. The molecule has 0 saturated heterocycles. The maximum atomic E-state index is 9.11. The molecule has 0 unspecified atom stereocenters. The molecule has 0 radical (unpaired) electrons. The first-order valence-corrected chi connectivity index (χ1v) is 22.8. The summed E-state index contributed by atoms with van der Waals surface area (Å²) in [6.07, 6.45) is 4.17. The number of aliphatic imine (C=N–C) groups is 1. The van der Waals surface area contributed by atoms with Crippen molar-refractivity contribution < 1.29 is 0 Å². The van der Waals surface area contributed by atoms with Gasteiger partial charge in [0.05, 0.1) is 16.7 Å². The summed E-state index contributed by atoms with van der Waals surface area (Å²) in [5.74, 6) is 0.207. The number of hydrogen-bond donors (Lipinski definition) is 1. The van der Waals surface area contributed by atoms with Crippen LogP contribution in [0, 0.1) is 5.41 Å². The SMILES string of the molecule is N=C(N=C(/C=C/c1cccc(-c2cccc(-c3c4ccccc4cc4c3ccc3ccccc34)c2)c1)c1cccc(-c2ccc3c4ccccc4n(-c4ccccc4)c3c2)c1)c1ccccc1. The van der Waals surface area contributed by atoms with Gasteiger partial charge in [-0.2, -0.15) is 0 Å². The van der Waals surface area contributed by atoms with Crippen LogP contribution in [0.15, 0.2) is 254 Å². The van der Waals surface area contributed by atoms with Crippen molar-refractivity contribution in [2.75, 3.05) is 0 Å². The van der Waals surface area contributed by atoms with Crippen molar-refractivity contribution in [2.24, 2.45) is 4.99 Å². The van der Waals surface area contributed by atoms with Gasteiger partial charge in [0.15, 0.2) is 5.84 Å². The molecule has 67 heavy (non-hydrogen) atoms. The highest BCUT2D eigenvalue weighted by atomic mass is 15.0. The van der Waals surface area contributed by atoms with Gasteiger partial charge < -0.3 is 4.57 Å². The second kappa shape index (κ2) is 16.9. The minimum atomic E-state index is 0.207. The Labute approximate surface area is 389 Å². The fourth-order valence-corrected chi connectivity index (χ4v) is 9.83. The highest BCUT2D eigenvalue weighted by Crippen LogP contribution is 2.41. The van der Waals surface area contributed by atoms with Gasteiger partial charge in [-0.1, -0.05) is 200 Å². The lowest BCUT2D eigenvalue weighted by molar-refractivity contribution is 1.18. The van der Waals surface area contributed by atoms with Crippen LogP contribution in [0.4, 0.5) is 0 Å². The van der Waals surface area contributed by atoms with Crippen LogP contribution >= 0.6 is 0 Å². The molecular formula is C64H43N3. The second-order valence-corrected chi connectivity index (χ2v) is 17.1. The number of rotatable bonds is 8. The molecule has 3 nitrogen and oxygen atoms in total. The highest BCUT2D eigenvalue weighted by Gasteiger charge is 2.16. The largest absolute Gasteiger partial charge is 0.309 e. The molecule has 0 saturated carbocycles. The van der Waals surface area contributed by atoms with E-state index in [0.717, 1.165) is 50.1 Å². The number of nitrogens with zero attached hydrogens (tertiary/aromatic N) is 2. The van der Waals surface area contributed by atoms with Crippen LogP contribution < -0.4 is 0 Å². The first kappa shape index (κ1) is 39.7. The predicted octanol–water partition coefficient (Wildman–Crippen LogP) is 16.8. The Morgan fingerprint density at radius 2 is 0.970 bits per heavy atom. The molecule has 0 spiro atoms. The minimum absolute atomic E-state index is 0.207. The molecule has 12 rings (SSSR count). The molecule has 0 fully saturated rings. The summed E-state index contributed by atoms with van der Waals surface area (Å²) in [6, 6.07) is 86.1. The molecule has 3 heteroatoms. The Hall–Kier alpha value is -8.92. The van der Waals surface area contributed by atoms with Crippen LogP contribution in [0.3, 0.4) is 0 Å². The van der Waals surface area contributed by atoms with Crippen molar-refractivity contribution in [3.8, 4) is 39.1 Å². The number of hydrogen-bond acceptors (Lipinski definition) is 1. The van der Waals surface area contributed by atoms with E-state index in [1.807, 2.05) is 30.3 Å². The Bertz CT molecular complexity index is 3930. The molecule has 0 aliphatic heterocycles. The summed E-state index contributed by atoms with van der Waals surface area (Å²) in [5, 5.41) is 19.0. The van der Waals surface area contributed by atoms with E-state index < -0.39 is 0 Å². The average molecular weight is 854 g/mol. The van der Waals surface area contributed by atoms with E-state index in [-0.39, 0.29) is 5.84 Å². The summed E-state index contributed by atoms with van der Waals surface area (Å²) in [4.78, 5) is 5.00. The number of allylic oxidation sites excluding steroid dienone is 1. The Balaban J connectivity index is 0.922. The van der Waals surface area contributed by atoms with Crippen LogP contribution in [0.2, 0.25) is 0 Å². The zero-order valence-corrected chi connectivity index (χ0v) is 36.6. The molecule has 12 aromatic rings. The van der Waals surface area contributed by atoms with Gasteiger partial charge in [0, 0.05) is 27.6 Å². The fraction of sp³-hybridized carbons (Fsp3) is 0. The Morgan fingerprint density at radius 3 is 1.81 bits per heavy atom. The smallest absolute Gasteiger partial charge is 0.152 e. The molecule has 0 amide bonds. The third kappa shape index (κ3) is 7.39. The average Bonchev–Trinajstić information content (AvgIpc) is 3.73. The van der Waals surface area contributed by atoms with E-state index in [9.17, 15) is 0 Å². The second-order valence-electron chi connectivity index (χ2n) is 17.1. The van der Waals surface area contributed by atoms with E-state index in [1.54, 1.807) is 0 Å². The van der Waals surface area contributed by atoms with Crippen molar-refractivity contribution in [1.82, 2.24) is 4.57 Å². The molecule has 0 bridgehead atoms. The Morgan fingerprint density at radius 1 is 0.373 bits per heavy atom. The van der Waals surface area contributed by atoms with Crippen molar-refractivity contribution in [2.45, 2.75) is 0 Å². The number of amidine groups is 1. The van der Waals surface area contributed by atoms with Gasteiger partial charge in [-0.3, -0.25) is 5.41 Å². The minimum Gasteiger partial charge on any atom is -0.309 e. The summed E-state index contributed by atoms with van der Waals surface area (Å²) in [6.45, 7) is 0. The summed E-state index contributed by atoms with van der Waals surface area (Å²) in [5.41, 5.74) is 13.8. The van der Waals surface area contributed by atoms with Gasteiger partial charge in [0.1, 0.15) is 0 Å². The molecule has 11 aromatic carbocycles. The lowest BCUT2D eigenvalue weighted by atomic mass is 9.89. The lowest BCUT2D eigenvalue weighted by Gasteiger charge is -2.15. The van der Waals surface area contributed by atoms with Gasteiger partial charge >= 0.3 is 0 Å². The van der Waals surface area contributed by atoms with Crippen LogP contribution in [-0.4, -0.2) is 16.1 Å². The number of para-hydroxylation sites is 2. The fourth-order valence-electron chi connectivity index (χ4n) is 9.83. The van der Waals surface area contributed by atoms with Crippen molar-refractivity contribution in [3.63, 3.8) is 0 Å². The van der Waals surface area contributed by atoms with Crippen LogP contribution in [-0.2, 0) is 0 Å². The lowest BCUT2D eigenvalue weighted by Crippen LogP contribution is -2.04. The van der Waals surface area contributed by atoms with Crippen LogP contribution in [0.5, 0.6) is 0 Å². The quantitative estimate of drug-likeness (QED) is 0.0685. The molecule has 1 heterocycles. The van der Waals surface area contributed by atoms with Crippen LogP contribution in [0.25, 0.3) is 99.3 Å². The van der Waals surface area contributed by atoms with Gasteiger partial charge in [-0.25, -0.2) is 4.99 Å². The maximum Gasteiger partial charge on any atom is 0.152 e. The molecule has 1 aromatic heterocycles. The van der Waals surface area contributed by atoms with Gasteiger partial charge in [0.2, 0.25) is 0 Å². The standard InChI is InChI=1S/C64H43N3/c65-64(45-18-3-1-4-19-45)66-60(51-24-14-22-47(39-51)49-34-35-57-56-30-11-12-31-61(56)67(62(57)42-49)53-26-5-2-6-27-53)37-32-43-16-13-21-46(38-43)48-23-15-25-52(40-48)63-55-29-10-8-20-50(55)41-59-54-28-9-7-17-44(54)33-36-58(59)63/h1-42,65H/b37-32+,65-64?,66-60?. The molecule has 0 aliphatic rings. The molecule has 314 valence electrons. The number of nitrogens with one attached hydrogen (secondary N) is 1. The number of benzene rings is 11. The maximum absolute atomic E-state index is 9.11. The highest BCUT2D eigenvalue weighted by molar-refractivity contribution is 6.21. The van der Waals surface area contributed by atoms with Gasteiger partial charge in [0.25, 0.3) is 0 Å². The third-order valence-corrected chi connectivity index (χ3v) is 13.0. The summed E-state index contributed by atoms with van der Waals surface area (Å²) < 4.78 is 2.35. The summed E-state index contributed by atoms with van der Waals surface area (Å²) in [7, 11) is 0. The zero-order valence-electron chi connectivity index (χ0n) is 36.6. The van der Waals surface area contributed by atoms with Crippen molar-refractivity contribution >= 4 is 71.7 Å². The van der Waals surface area contributed by atoms with Crippen molar-refractivity contribution in [3.05, 3.63) is 265 Å². The van der Waals surface area contributed by atoms with E-state index in [1.165, 1.54) is 59.7 Å². The summed E-state index contributed by atoms with van der Waals surface area (Å²) >= 11 is 0. The normalized spacial score (nSPS) is 12.0. The monoisotopic (exact) mass is 853 g/mol. The topological polar surface area (TPSA) is 41.1 Å². The molecule has 0 atom stereocenters. The van der Waals surface area contributed by atoms with Crippen LogP contribution in [0.1, 0.15) is 16.7 Å². The first-order chi connectivity index (χ1) is 33.1. The zero-order chi connectivity index (χ0) is 44.7. The van der Waals surface area contributed by atoms with E-state index >= 15 is 0 Å². The Kier molecular flexibility index (Phi) is 10.00. The predicted molar refractivity (Wildman–Crippen MR) is 285 cm³/mol. The van der Waals surface area contributed by atoms with E-state index in [0.29, 0.717) is 5.71 Å². The van der Waals surface area contributed by atoms with Gasteiger partial charge in [-0.15, -0.1) is 0 Å². The van der Waals surface area contributed by atoms with E-state index in [4.69, 9.17) is 10.4 Å². The van der Waals surface area contributed by atoms with Crippen molar-refractivity contribution in [1.29, 1.82) is 5.41 Å². The molecule has 0 aliphatic carbocycles. The van der Waals surface area contributed by atoms with Gasteiger partial charge in [-0.05, 0) is 126 Å². The molecular weight excluding hydrogens is 811 g/mol. The first-order valence-electron chi connectivity index (χ1n) is 22.8. The third-order valence-electron chi connectivity index (χ3n) is 13.0. The van der Waals surface area contributed by atoms with E-state index in [2.05, 4.69) is 229 Å². The number of fused-ring (bicyclic) bond motifs is 7.